The van der Waals surface area contributed by atoms with Crippen molar-refractivity contribution in [1.29, 1.82) is 5.26 Å². The van der Waals surface area contributed by atoms with Crippen LogP contribution in [-0.2, 0) is 13.0 Å². The largest absolute Gasteiger partial charge is 0.489 e. The second kappa shape index (κ2) is 9.01. The van der Waals surface area contributed by atoms with Crippen molar-refractivity contribution in [2.24, 2.45) is 0 Å². The van der Waals surface area contributed by atoms with Gasteiger partial charge in [-0.25, -0.2) is 4.39 Å². The van der Waals surface area contributed by atoms with Crippen molar-refractivity contribution in [1.82, 2.24) is 9.97 Å². The molecule has 7 heteroatoms. The molecular weight excluding hydrogens is 395 g/mol. The number of nitrogens with one attached hydrogen (secondary N) is 1. The van der Waals surface area contributed by atoms with Gasteiger partial charge in [-0.3, -0.25) is 14.8 Å². The molecule has 0 unspecified atom stereocenters. The summed E-state index contributed by atoms with van der Waals surface area (Å²) in [5, 5.41) is 11.5. The minimum absolute atomic E-state index is 0.113. The van der Waals surface area contributed by atoms with E-state index in [0.29, 0.717) is 35.5 Å². The van der Waals surface area contributed by atoms with Crippen LogP contribution in [0.4, 0.5) is 10.1 Å². The highest BCUT2D eigenvalue weighted by molar-refractivity contribution is 6.11. The molecule has 152 valence electrons. The second-order valence-electron chi connectivity index (χ2n) is 6.80. The van der Waals surface area contributed by atoms with Gasteiger partial charge in [0.2, 0.25) is 0 Å². The summed E-state index contributed by atoms with van der Waals surface area (Å²) in [5.41, 5.74) is 3.09. The predicted molar refractivity (Wildman–Crippen MR) is 114 cm³/mol. The van der Waals surface area contributed by atoms with E-state index in [4.69, 9.17) is 10.00 Å². The van der Waals surface area contributed by atoms with E-state index in [0.717, 1.165) is 17.2 Å². The van der Waals surface area contributed by atoms with E-state index in [2.05, 4.69) is 21.4 Å². The first-order valence-electron chi connectivity index (χ1n) is 9.51. The molecular formula is C24H17FN4O2. The number of fused-ring (bicyclic) bond motifs is 1. The van der Waals surface area contributed by atoms with E-state index in [-0.39, 0.29) is 5.56 Å². The number of hydrogen-bond acceptors (Lipinski definition) is 5. The maximum atomic E-state index is 13.9. The quantitative estimate of drug-likeness (QED) is 0.497. The maximum absolute atomic E-state index is 13.9. The van der Waals surface area contributed by atoms with Gasteiger partial charge in [0.05, 0.1) is 23.6 Å². The van der Waals surface area contributed by atoms with Gasteiger partial charge in [-0.15, -0.1) is 0 Å². The van der Waals surface area contributed by atoms with E-state index in [9.17, 15) is 9.18 Å². The van der Waals surface area contributed by atoms with Crippen molar-refractivity contribution in [3.8, 4) is 11.8 Å². The van der Waals surface area contributed by atoms with Crippen molar-refractivity contribution < 1.29 is 13.9 Å². The van der Waals surface area contributed by atoms with Crippen molar-refractivity contribution in [2.75, 3.05) is 5.32 Å². The molecule has 0 aliphatic rings. The Hall–Kier alpha value is -4.31. The molecule has 6 nitrogen and oxygen atoms in total. The number of rotatable bonds is 6. The van der Waals surface area contributed by atoms with Crippen molar-refractivity contribution in [2.45, 2.75) is 13.0 Å². The molecule has 0 radical (unpaired) electrons. The molecule has 1 heterocycles. The van der Waals surface area contributed by atoms with Crippen LogP contribution in [0.3, 0.4) is 0 Å². The fourth-order valence-electron chi connectivity index (χ4n) is 3.11. The standard InChI is InChI=1S/C24H17FN4O2/c25-18-13-21(23-22(14-18)27-10-11-28-23)24(30)29-19-3-1-2-17(12-19)15-31-20-6-4-16(5-7-20)8-9-26/h1-7,10-14H,8,15H2,(H,29,30). The van der Waals surface area contributed by atoms with Crippen LogP contribution in [0.15, 0.2) is 73.1 Å². The van der Waals surface area contributed by atoms with E-state index < -0.39 is 11.7 Å². The van der Waals surface area contributed by atoms with Gasteiger partial charge in [0.15, 0.2) is 0 Å². The molecule has 0 aliphatic heterocycles. The van der Waals surface area contributed by atoms with Gasteiger partial charge in [0, 0.05) is 24.1 Å². The minimum atomic E-state index is -0.555. The Labute approximate surface area is 178 Å². The number of amides is 1. The Bertz CT molecular complexity index is 1280. The number of benzene rings is 3. The summed E-state index contributed by atoms with van der Waals surface area (Å²) in [5.74, 6) is -0.349. The lowest BCUT2D eigenvalue weighted by atomic mass is 10.1. The summed E-state index contributed by atoms with van der Waals surface area (Å²) in [6.45, 7) is 0.301. The van der Waals surface area contributed by atoms with Gasteiger partial charge in [0.1, 0.15) is 23.7 Å². The molecule has 0 atom stereocenters. The molecule has 3 aromatic carbocycles. The average molecular weight is 412 g/mol. The highest BCUT2D eigenvalue weighted by Gasteiger charge is 2.14. The molecule has 1 amide bonds. The third kappa shape index (κ3) is 4.82. The van der Waals surface area contributed by atoms with Gasteiger partial charge in [-0.05, 0) is 41.5 Å². The number of carbonyl (C=O) groups excluding carboxylic acids is 1. The number of anilines is 1. The van der Waals surface area contributed by atoms with Crippen LogP contribution in [-0.4, -0.2) is 15.9 Å². The average Bonchev–Trinajstić information content (AvgIpc) is 2.78. The van der Waals surface area contributed by atoms with Gasteiger partial charge >= 0.3 is 0 Å². The zero-order valence-corrected chi connectivity index (χ0v) is 16.4. The normalized spacial score (nSPS) is 10.5. The number of ether oxygens (including phenoxy) is 1. The summed E-state index contributed by atoms with van der Waals surface area (Å²) < 4.78 is 19.7. The lowest BCUT2D eigenvalue weighted by Crippen LogP contribution is -2.13. The van der Waals surface area contributed by atoms with Gasteiger partial charge in [-0.2, -0.15) is 5.26 Å². The number of carbonyl (C=O) groups is 1. The van der Waals surface area contributed by atoms with Gasteiger partial charge < -0.3 is 10.1 Å². The second-order valence-corrected chi connectivity index (χ2v) is 6.80. The fourth-order valence-corrected chi connectivity index (χ4v) is 3.11. The van der Waals surface area contributed by atoms with E-state index >= 15 is 0 Å². The Morgan fingerprint density at radius 3 is 2.65 bits per heavy atom. The van der Waals surface area contributed by atoms with E-state index in [1.807, 2.05) is 30.3 Å². The van der Waals surface area contributed by atoms with Crippen LogP contribution in [0, 0.1) is 17.1 Å². The SMILES string of the molecule is N#CCc1ccc(OCc2cccc(NC(=O)c3cc(F)cc4nccnc34)c2)cc1. The van der Waals surface area contributed by atoms with Crippen LogP contribution in [0.25, 0.3) is 11.0 Å². The maximum Gasteiger partial charge on any atom is 0.258 e. The van der Waals surface area contributed by atoms with Gasteiger partial charge in [0.25, 0.3) is 5.91 Å². The zero-order valence-electron chi connectivity index (χ0n) is 16.4. The molecule has 0 aliphatic carbocycles. The Balaban J connectivity index is 1.46. The molecule has 31 heavy (non-hydrogen) atoms. The Kier molecular flexibility index (Phi) is 5.81. The number of nitrogens with zero attached hydrogens (tertiary/aromatic N) is 3. The number of halogens is 1. The molecule has 0 fully saturated rings. The highest BCUT2D eigenvalue weighted by atomic mass is 19.1. The number of hydrogen-bond donors (Lipinski definition) is 1. The molecule has 1 N–H and O–H groups in total. The van der Waals surface area contributed by atoms with Crippen LogP contribution in [0.2, 0.25) is 0 Å². The van der Waals surface area contributed by atoms with Crippen LogP contribution in [0.5, 0.6) is 5.75 Å². The zero-order chi connectivity index (χ0) is 21.6. The summed E-state index contributed by atoms with van der Waals surface area (Å²) >= 11 is 0. The molecule has 4 rings (SSSR count). The van der Waals surface area contributed by atoms with Crippen LogP contribution < -0.4 is 10.1 Å². The van der Waals surface area contributed by atoms with E-state index in [1.165, 1.54) is 18.5 Å². The first kappa shape index (κ1) is 20.0. The highest BCUT2D eigenvalue weighted by Crippen LogP contribution is 2.20. The smallest absolute Gasteiger partial charge is 0.258 e. The molecule has 0 saturated heterocycles. The number of nitriles is 1. The van der Waals surface area contributed by atoms with Crippen molar-refractivity contribution in [3.63, 3.8) is 0 Å². The van der Waals surface area contributed by atoms with Crippen molar-refractivity contribution in [3.05, 3.63) is 95.6 Å². The van der Waals surface area contributed by atoms with E-state index in [1.54, 1.807) is 18.2 Å². The lowest BCUT2D eigenvalue weighted by Gasteiger charge is -2.10. The molecule has 0 saturated carbocycles. The number of aromatic nitrogens is 2. The molecule has 0 spiro atoms. The first-order valence-corrected chi connectivity index (χ1v) is 9.51. The first-order chi connectivity index (χ1) is 15.1. The van der Waals surface area contributed by atoms with Crippen molar-refractivity contribution >= 4 is 22.6 Å². The third-order valence-electron chi connectivity index (χ3n) is 4.58. The Morgan fingerprint density at radius 1 is 1.03 bits per heavy atom. The summed E-state index contributed by atoms with van der Waals surface area (Å²) in [6, 6.07) is 19.0. The summed E-state index contributed by atoms with van der Waals surface area (Å²) in [4.78, 5) is 21.0. The minimum Gasteiger partial charge on any atom is -0.489 e. The fraction of sp³-hybridized carbons (Fsp3) is 0.0833. The lowest BCUT2D eigenvalue weighted by molar-refractivity contribution is 0.102. The Morgan fingerprint density at radius 2 is 1.84 bits per heavy atom. The molecule has 0 bridgehead atoms. The molecule has 4 aromatic rings. The molecule has 1 aromatic heterocycles. The predicted octanol–water partition coefficient (Wildman–Crippen LogP) is 4.67. The summed E-state index contributed by atoms with van der Waals surface area (Å²) in [6.07, 6.45) is 3.26. The third-order valence-corrected chi connectivity index (χ3v) is 4.58. The van der Waals surface area contributed by atoms with Crippen LogP contribution in [0.1, 0.15) is 21.5 Å². The summed E-state index contributed by atoms with van der Waals surface area (Å²) in [7, 11) is 0. The topological polar surface area (TPSA) is 87.9 Å². The van der Waals surface area contributed by atoms with Crippen LogP contribution >= 0.6 is 0 Å². The van der Waals surface area contributed by atoms with Gasteiger partial charge in [-0.1, -0.05) is 24.3 Å². The monoisotopic (exact) mass is 412 g/mol.